The van der Waals surface area contributed by atoms with Gasteiger partial charge in [-0.25, -0.2) is 9.07 Å². The summed E-state index contributed by atoms with van der Waals surface area (Å²) in [6, 6.07) is 5.87. The second-order valence-electron chi connectivity index (χ2n) is 7.26. The van der Waals surface area contributed by atoms with E-state index in [1.165, 1.54) is 12.1 Å². The van der Waals surface area contributed by atoms with Crippen LogP contribution in [-0.2, 0) is 4.79 Å². The lowest BCUT2D eigenvalue weighted by molar-refractivity contribution is -0.150. The van der Waals surface area contributed by atoms with Gasteiger partial charge in [0.2, 0.25) is 0 Å². The average molecular weight is 373 g/mol. The summed E-state index contributed by atoms with van der Waals surface area (Å²) in [5.74, 6) is -1.52. The van der Waals surface area contributed by atoms with Gasteiger partial charge >= 0.3 is 5.97 Å². The fourth-order valence-electron chi connectivity index (χ4n) is 3.84. The van der Waals surface area contributed by atoms with Gasteiger partial charge in [-0.3, -0.25) is 9.59 Å². The van der Waals surface area contributed by atoms with Gasteiger partial charge in [0.1, 0.15) is 5.82 Å². The summed E-state index contributed by atoms with van der Waals surface area (Å²) >= 11 is 0. The van der Waals surface area contributed by atoms with Gasteiger partial charge in [-0.1, -0.05) is 19.3 Å². The molecule has 1 heterocycles. The number of amides is 1. The highest BCUT2D eigenvalue weighted by Crippen LogP contribution is 2.36. The molecule has 0 unspecified atom stereocenters. The lowest BCUT2D eigenvalue weighted by Gasteiger charge is -2.33. The van der Waals surface area contributed by atoms with Gasteiger partial charge in [0.05, 0.1) is 28.1 Å². The van der Waals surface area contributed by atoms with Crippen LogP contribution < -0.4 is 5.32 Å². The number of halogens is 1. The van der Waals surface area contributed by atoms with Crippen molar-refractivity contribution < 1.29 is 19.1 Å². The number of hydrogen-bond donors (Lipinski definition) is 2. The van der Waals surface area contributed by atoms with Gasteiger partial charge < -0.3 is 10.4 Å². The number of nitrogens with zero attached hydrogens (tertiary/aromatic N) is 2. The quantitative estimate of drug-likeness (QED) is 0.841. The smallest absolute Gasteiger partial charge is 0.311 e. The Morgan fingerprint density at radius 2 is 1.81 bits per heavy atom. The van der Waals surface area contributed by atoms with Crippen molar-refractivity contribution in [1.82, 2.24) is 15.1 Å². The lowest BCUT2D eigenvalue weighted by Crippen LogP contribution is -2.44. The van der Waals surface area contributed by atoms with E-state index >= 15 is 0 Å². The van der Waals surface area contributed by atoms with Gasteiger partial charge in [-0.15, -0.1) is 0 Å². The number of aromatic nitrogens is 2. The van der Waals surface area contributed by atoms with Crippen LogP contribution >= 0.6 is 0 Å². The molecule has 1 aromatic carbocycles. The van der Waals surface area contributed by atoms with Gasteiger partial charge in [0.15, 0.2) is 0 Å². The van der Waals surface area contributed by atoms with Crippen molar-refractivity contribution in [3.8, 4) is 5.69 Å². The highest BCUT2D eigenvalue weighted by molar-refractivity contribution is 5.96. The van der Waals surface area contributed by atoms with Crippen LogP contribution in [-0.4, -0.2) is 33.3 Å². The molecule has 2 N–H and O–H groups in total. The Morgan fingerprint density at radius 3 is 2.41 bits per heavy atom. The van der Waals surface area contributed by atoms with E-state index < -0.39 is 11.4 Å². The Balaban J connectivity index is 1.81. The second-order valence-corrected chi connectivity index (χ2v) is 7.26. The van der Waals surface area contributed by atoms with E-state index in [1.54, 1.807) is 30.7 Å². The molecule has 2 aromatic rings. The van der Waals surface area contributed by atoms with E-state index in [9.17, 15) is 19.1 Å². The molecule has 0 bridgehead atoms. The summed E-state index contributed by atoms with van der Waals surface area (Å²) in [5.41, 5.74) is 1.37. The molecule has 1 aromatic heterocycles. The van der Waals surface area contributed by atoms with Crippen molar-refractivity contribution in [1.29, 1.82) is 0 Å². The van der Waals surface area contributed by atoms with Crippen LogP contribution in [0, 0.1) is 25.1 Å². The van der Waals surface area contributed by atoms with E-state index in [0.29, 0.717) is 35.5 Å². The SMILES string of the molecule is Cc1nn(-c2ccc(F)cc2)c(C)c1C(=O)NCC1(C(=O)O)CCCCC1. The number of aliphatic carboxylic acids is 1. The molecule has 0 spiro atoms. The molecule has 6 nitrogen and oxygen atoms in total. The molecule has 144 valence electrons. The number of aryl methyl sites for hydroxylation is 1. The molecular weight excluding hydrogens is 349 g/mol. The maximum absolute atomic E-state index is 13.2. The highest BCUT2D eigenvalue weighted by atomic mass is 19.1. The Morgan fingerprint density at radius 1 is 1.19 bits per heavy atom. The third kappa shape index (κ3) is 3.72. The number of hydrogen-bond acceptors (Lipinski definition) is 3. The Bertz CT molecular complexity index is 852. The van der Waals surface area contributed by atoms with Crippen LogP contribution in [0.2, 0.25) is 0 Å². The van der Waals surface area contributed by atoms with Crippen LogP contribution in [0.3, 0.4) is 0 Å². The van der Waals surface area contributed by atoms with E-state index in [0.717, 1.165) is 19.3 Å². The van der Waals surface area contributed by atoms with Crippen molar-refractivity contribution in [2.45, 2.75) is 46.0 Å². The molecule has 1 fully saturated rings. The summed E-state index contributed by atoms with van der Waals surface area (Å²) in [5, 5.41) is 16.9. The van der Waals surface area contributed by atoms with Crippen LogP contribution in [0.5, 0.6) is 0 Å². The molecule has 1 aliphatic rings. The van der Waals surface area contributed by atoms with Gasteiger partial charge in [0.25, 0.3) is 5.91 Å². The fraction of sp³-hybridized carbons (Fsp3) is 0.450. The zero-order valence-electron chi connectivity index (χ0n) is 15.6. The summed E-state index contributed by atoms with van der Waals surface area (Å²) in [6.07, 6.45) is 3.92. The molecule has 1 saturated carbocycles. The fourth-order valence-corrected chi connectivity index (χ4v) is 3.84. The topological polar surface area (TPSA) is 84.2 Å². The first-order valence-electron chi connectivity index (χ1n) is 9.18. The second kappa shape index (κ2) is 7.50. The van der Waals surface area contributed by atoms with Crippen LogP contribution in [0.25, 0.3) is 5.69 Å². The molecule has 1 amide bonds. The van der Waals surface area contributed by atoms with Gasteiger partial charge in [-0.2, -0.15) is 5.10 Å². The molecule has 0 aliphatic heterocycles. The third-order valence-corrected chi connectivity index (χ3v) is 5.44. The number of carbonyl (C=O) groups excluding carboxylic acids is 1. The number of carbonyl (C=O) groups is 2. The maximum atomic E-state index is 13.2. The number of benzene rings is 1. The zero-order chi connectivity index (χ0) is 19.6. The number of carboxylic acid groups (broad SMARTS) is 1. The molecule has 27 heavy (non-hydrogen) atoms. The monoisotopic (exact) mass is 373 g/mol. The Kier molecular flexibility index (Phi) is 5.30. The van der Waals surface area contributed by atoms with Crippen LogP contribution in [0.4, 0.5) is 4.39 Å². The standard InChI is InChI=1S/C20H24FN3O3/c1-13-17(14(2)24(23-13)16-8-6-15(21)7-9-16)18(25)22-12-20(19(26)27)10-4-3-5-11-20/h6-9H,3-5,10-12H2,1-2H3,(H,22,25)(H,26,27). The molecular formula is C20H24FN3O3. The first kappa shape index (κ1) is 19.1. The minimum atomic E-state index is -0.886. The Hall–Kier alpha value is -2.70. The summed E-state index contributed by atoms with van der Waals surface area (Å²) in [6.45, 7) is 3.61. The first-order valence-corrected chi connectivity index (χ1v) is 9.18. The minimum absolute atomic E-state index is 0.113. The van der Waals surface area contributed by atoms with Gasteiger partial charge in [-0.05, 0) is 51.0 Å². The number of rotatable bonds is 5. The van der Waals surface area contributed by atoms with E-state index in [2.05, 4.69) is 10.4 Å². The van der Waals surface area contributed by atoms with E-state index in [1.807, 2.05) is 0 Å². The van der Waals surface area contributed by atoms with Crippen molar-refractivity contribution in [3.05, 3.63) is 47.0 Å². The molecule has 3 rings (SSSR count). The van der Waals surface area contributed by atoms with Crippen LogP contribution in [0.15, 0.2) is 24.3 Å². The summed E-state index contributed by atoms with van der Waals surface area (Å²) < 4.78 is 14.7. The molecule has 7 heteroatoms. The summed E-state index contributed by atoms with van der Waals surface area (Å²) in [7, 11) is 0. The van der Waals surface area contributed by atoms with Crippen molar-refractivity contribution in [2.24, 2.45) is 5.41 Å². The number of carboxylic acids is 1. The molecule has 1 aliphatic carbocycles. The van der Waals surface area contributed by atoms with Crippen LogP contribution in [0.1, 0.15) is 53.8 Å². The first-order chi connectivity index (χ1) is 12.8. The zero-order valence-corrected chi connectivity index (χ0v) is 15.6. The predicted octanol–water partition coefficient (Wildman–Crippen LogP) is 3.39. The van der Waals surface area contributed by atoms with Gasteiger partial charge in [0, 0.05) is 6.54 Å². The van der Waals surface area contributed by atoms with Crippen molar-refractivity contribution in [2.75, 3.05) is 6.54 Å². The minimum Gasteiger partial charge on any atom is -0.481 e. The number of nitrogens with one attached hydrogen (secondary N) is 1. The maximum Gasteiger partial charge on any atom is 0.311 e. The van der Waals surface area contributed by atoms with E-state index in [-0.39, 0.29) is 18.3 Å². The largest absolute Gasteiger partial charge is 0.481 e. The summed E-state index contributed by atoms with van der Waals surface area (Å²) in [4.78, 5) is 24.6. The molecule has 0 saturated heterocycles. The molecule has 0 atom stereocenters. The molecule has 0 radical (unpaired) electrons. The third-order valence-electron chi connectivity index (χ3n) is 5.44. The normalized spacial score (nSPS) is 16.1. The highest BCUT2D eigenvalue weighted by Gasteiger charge is 2.40. The van der Waals surface area contributed by atoms with Crippen molar-refractivity contribution >= 4 is 11.9 Å². The average Bonchev–Trinajstić information content (AvgIpc) is 2.95. The van der Waals surface area contributed by atoms with Crippen molar-refractivity contribution in [3.63, 3.8) is 0 Å². The predicted molar refractivity (Wildman–Crippen MR) is 98.5 cm³/mol. The Labute approximate surface area is 157 Å². The van der Waals surface area contributed by atoms with E-state index in [4.69, 9.17) is 0 Å². The lowest BCUT2D eigenvalue weighted by atomic mass is 9.74.